The van der Waals surface area contributed by atoms with Gasteiger partial charge in [-0.15, -0.1) is 0 Å². The van der Waals surface area contributed by atoms with Crippen LogP contribution in [0.1, 0.15) is 17.0 Å². The molecule has 1 saturated carbocycles. The molecule has 0 spiro atoms. The molecule has 0 unspecified atom stereocenters. The number of carboxylic acids is 1. The Kier molecular flexibility index (Phi) is 3.50. The Morgan fingerprint density at radius 1 is 1.08 bits per heavy atom. The SMILES string of the molecule is Cc1ccc(S(=O)(=O)[C@@H]2[C@@H](C(=O)O)[C@@H]2c2ccc3c(c2)OCO3)cc1. The van der Waals surface area contributed by atoms with Crippen LogP contribution in [0.5, 0.6) is 11.5 Å². The molecule has 6 nitrogen and oxygen atoms in total. The summed E-state index contributed by atoms with van der Waals surface area (Å²) in [6, 6.07) is 11.5. The average Bonchev–Trinajstić information content (AvgIpc) is 3.18. The summed E-state index contributed by atoms with van der Waals surface area (Å²) in [4.78, 5) is 11.8. The highest BCUT2D eigenvalue weighted by Crippen LogP contribution is 2.55. The first-order valence-corrected chi connectivity index (χ1v) is 9.37. The van der Waals surface area contributed by atoms with Crippen LogP contribution in [-0.2, 0) is 14.6 Å². The second-order valence-corrected chi connectivity index (χ2v) is 8.43. The first-order chi connectivity index (χ1) is 11.9. The third kappa shape index (κ3) is 2.55. The minimum absolute atomic E-state index is 0.108. The first kappa shape index (κ1) is 16.0. The minimum atomic E-state index is -3.74. The number of aryl methyl sites for hydroxylation is 1. The van der Waals surface area contributed by atoms with Gasteiger partial charge in [0.15, 0.2) is 21.3 Å². The van der Waals surface area contributed by atoms with Crippen LogP contribution < -0.4 is 9.47 Å². The molecule has 0 radical (unpaired) electrons. The fourth-order valence-electron chi connectivity index (χ4n) is 3.37. The Labute approximate surface area is 144 Å². The number of sulfone groups is 1. The summed E-state index contributed by atoms with van der Waals surface area (Å²) in [6.07, 6.45) is 0. The van der Waals surface area contributed by atoms with Crippen LogP contribution in [0.3, 0.4) is 0 Å². The highest BCUT2D eigenvalue weighted by atomic mass is 32.2. The van der Waals surface area contributed by atoms with Gasteiger partial charge in [0.05, 0.1) is 16.1 Å². The maximum absolute atomic E-state index is 12.9. The van der Waals surface area contributed by atoms with Crippen LogP contribution in [0.2, 0.25) is 0 Å². The number of hydrogen-bond acceptors (Lipinski definition) is 5. The van der Waals surface area contributed by atoms with Gasteiger partial charge in [0.2, 0.25) is 6.79 Å². The lowest BCUT2D eigenvalue weighted by atomic mass is 10.1. The van der Waals surface area contributed by atoms with Crippen LogP contribution in [0.15, 0.2) is 47.4 Å². The van der Waals surface area contributed by atoms with Gasteiger partial charge in [-0.05, 0) is 36.8 Å². The third-order valence-electron chi connectivity index (χ3n) is 4.73. The van der Waals surface area contributed by atoms with Crippen LogP contribution >= 0.6 is 0 Å². The predicted octanol–water partition coefficient (Wildman–Crippen LogP) is 2.36. The molecule has 3 atom stereocenters. The van der Waals surface area contributed by atoms with Crippen LogP contribution in [-0.4, -0.2) is 31.5 Å². The van der Waals surface area contributed by atoms with Crippen molar-refractivity contribution in [3.63, 3.8) is 0 Å². The van der Waals surface area contributed by atoms with Gasteiger partial charge in [0.1, 0.15) is 0 Å². The number of benzene rings is 2. The zero-order valence-corrected chi connectivity index (χ0v) is 14.2. The smallest absolute Gasteiger partial charge is 0.308 e. The number of fused-ring (bicyclic) bond motifs is 1. The van der Waals surface area contributed by atoms with Crippen LogP contribution in [0, 0.1) is 12.8 Å². The average molecular weight is 360 g/mol. The van der Waals surface area contributed by atoms with E-state index in [0.29, 0.717) is 17.1 Å². The van der Waals surface area contributed by atoms with Crippen molar-refractivity contribution in [2.24, 2.45) is 5.92 Å². The highest BCUT2D eigenvalue weighted by Gasteiger charge is 2.63. The van der Waals surface area contributed by atoms with Crippen molar-refractivity contribution < 1.29 is 27.8 Å². The molecule has 1 aliphatic heterocycles. The lowest BCUT2D eigenvalue weighted by Gasteiger charge is -2.05. The van der Waals surface area contributed by atoms with E-state index in [1.807, 2.05) is 6.92 Å². The Balaban J connectivity index is 1.71. The molecule has 0 aromatic heterocycles. The maximum atomic E-state index is 12.9. The molecular weight excluding hydrogens is 344 g/mol. The number of carboxylic acid groups (broad SMARTS) is 1. The molecule has 130 valence electrons. The van der Waals surface area contributed by atoms with Crippen LogP contribution in [0.4, 0.5) is 0 Å². The van der Waals surface area contributed by atoms with E-state index in [1.165, 1.54) is 12.1 Å². The molecule has 0 saturated heterocycles. The molecule has 0 bridgehead atoms. The molecule has 0 amide bonds. The van der Waals surface area contributed by atoms with Crippen molar-refractivity contribution >= 4 is 15.8 Å². The van der Waals surface area contributed by atoms with Gasteiger partial charge in [0.25, 0.3) is 0 Å². The summed E-state index contributed by atoms with van der Waals surface area (Å²) in [7, 11) is -3.74. The zero-order chi connectivity index (χ0) is 17.8. The lowest BCUT2D eigenvalue weighted by Crippen LogP contribution is -2.13. The van der Waals surface area contributed by atoms with Gasteiger partial charge >= 0.3 is 5.97 Å². The quantitative estimate of drug-likeness (QED) is 0.900. The summed E-state index contributed by atoms with van der Waals surface area (Å²) in [5.74, 6) is -1.58. The van der Waals surface area contributed by atoms with E-state index in [4.69, 9.17) is 9.47 Å². The molecule has 1 heterocycles. The molecular formula is C18H16O6S. The van der Waals surface area contributed by atoms with E-state index in [-0.39, 0.29) is 11.7 Å². The van der Waals surface area contributed by atoms with Crippen LogP contribution in [0.25, 0.3) is 0 Å². The number of aliphatic carboxylic acids is 1. The predicted molar refractivity (Wildman–Crippen MR) is 88.6 cm³/mol. The zero-order valence-electron chi connectivity index (χ0n) is 13.4. The summed E-state index contributed by atoms with van der Waals surface area (Å²) in [5.41, 5.74) is 1.58. The molecule has 2 aromatic carbocycles. The Bertz CT molecular complexity index is 948. The summed E-state index contributed by atoms with van der Waals surface area (Å²) < 4.78 is 36.4. The molecule has 4 rings (SSSR count). The van der Waals surface area contributed by atoms with E-state index in [0.717, 1.165) is 5.56 Å². The van der Waals surface area contributed by atoms with Crippen molar-refractivity contribution in [2.75, 3.05) is 6.79 Å². The molecule has 25 heavy (non-hydrogen) atoms. The van der Waals surface area contributed by atoms with Gasteiger partial charge in [0, 0.05) is 5.92 Å². The number of rotatable bonds is 4. The fourth-order valence-corrected chi connectivity index (χ4v) is 5.49. The van der Waals surface area contributed by atoms with E-state index in [1.54, 1.807) is 30.3 Å². The summed E-state index contributed by atoms with van der Waals surface area (Å²) >= 11 is 0. The molecule has 7 heteroatoms. The maximum Gasteiger partial charge on any atom is 0.308 e. The minimum Gasteiger partial charge on any atom is -0.481 e. The molecule has 2 aliphatic rings. The van der Waals surface area contributed by atoms with Crippen molar-refractivity contribution in [1.29, 1.82) is 0 Å². The molecule has 1 N–H and O–H groups in total. The van der Waals surface area contributed by atoms with Gasteiger partial charge in [-0.3, -0.25) is 4.79 Å². The van der Waals surface area contributed by atoms with E-state index in [9.17, 15) is 18.3 Å². The number of hydrogen-bond donors (Lipinski definition) is 1. The molecule has 1 aliphatic carbocycles. The van der Waals surface area contributed by atoms with Crippen molar-refractivity contribution in [3.8, 4) is 11.5 Å². The normalized spacial score (nSPS) is 24.1. The third-order valence-corrected chi connectivity index (χ3v) is 6.96. The topological polar surface area (TPSA) is 89.9 Å². The number of ether oxygens (including phenoxy) is 2. The largest absolute Gasteiger partial charge is 0.481 e. The fraction of sp³-hybridized carbons (Fsp3) is 0.278. The number of carbonyl (C=O) groups is 1. The van der Waals surface area contributed by atoms with Crippen molar-refractivity contribution in [2.45, 2.75) is 23.0 Å². The lowest BCUT2D eigenvalue weighted by molar-refractivity contribution is -0.138. The molecule has 1 fully saturated rings. The Hall–Kier alpha value is -2.54. The highest BCUT2D eigenvalue weighted by molar-refractivity contribution is 7.92. The van der Waals surface area contributed by atoms with E-state index < -0.39 is 32.9 Å². The summed E-state index contributed by atoms with van der Waals surface area (Å²) in [5, 5.41) is 8.50. The van der Waals surface area contributed by atoms with E-state index in [2.05, 4.69) is 0 Å². The Morgan fingerprint density at radius 2 is 1.76 bits per heavy atom. The van der Waals surface area contributed by atoms with Gasteiger partial charge in [-0.2, -0.15) is 0 Å². The second kappa shape index (κ2) is 5.49. The molecule has 2 aromatic rings. The van der Waals surface area contributed by atoms with Crippen molar-refractivity contribution in [3.05, 3.63) is 53.6 Å². The van der Waals surface area contributed by atoms with E-state index >= 15 is 0 Å². The van der Waals surface area contributed by atoms with Gasteiger partial charge < -0.3 is 14.6 Å². The monoisotopic (exact) mass is 360 g/mol. The first-order valence-electron chi connectivity index (χ1n) is 7.82. The van der Waals surface area contributed by atoms with Gasteiger partial charge in [-0.1, -0.05) is 23.8 Å². The second-order valence-electron chi connectivity index (χ2n) is 6.33. The standard InChI is InChI=1S/C18H16O6S/c1-10-2-5-12(6-3-10)25(21,22)17-15(16(17)18(19)20)11-4-7-13-14(8-11)24-9-23-13/h2-8,15-17H,9H2,1H3,(H,19,20)/t15-,16-,17-/m0/s1. The van der Waals surface area contributed by atoms with Crippen molar-refractivity contribution in [1.82, 2.24) is 0 Å². The summed E-state index contributed by atoms with van der Waals surface area (Å²) in [6.45, 7) is 1.97. The Morgan fingerprint density at radius 3 is 2.44 bits per heavy atom. The van der Waals surface area contributed by atoms with Gasteiger partial charge in [-0.25, -0.2) is 8.42 Å².